The van der Waals surface area contributed by atoms with Crippen LogP contribution in [0.15, 0.2) is 0 Å². The Kier molecular flexibility index (Phi) is 2.09. The summed E-state index contributed by atoms with van der Waals surface area (Å²) < 4.78 is 0. The Morgan fingerprint density at radius 3 is 1.78 bits per heavy atom. The van der Waals surface area contributed by atoms with Crippen molar-refractivity contribution in [3.63, 3.8) is 0 Å². The Morgan fingerprint density at radius 2 is 1.44 bits per heavy atom. The molecule has 9 heavy (non-hydrogen) atoms. The maximum Gasteiger partial charge on any atom is 0.00561 e. The van der Waals surface area contributed by atoms with E-state index in [1.54, 1.807) is 0 Å². The summed E-state index contributed by atoms with van der Waals surface area (Å²) in [7, 11) is 0. The first-order valence-corrected chi connectivity index (χ1v) is 3.69. The fourth-order valence-electron chi connectivity index (χ4n) is 1.71. The van der Waals surface area contributed by atoms with Crippen LogP contribution in [0.3, 0.4) is 0 Å². The van der Waals surface area contributed by atoms with E-state index >= 15 is 0 Å². The van der Waals surface area contributed by atoms with Gasteiger partial charge in [-0.1, -0.05) is 6.92 Å². The van der Waals surface area contributed by atoms with Crippen LogP contribution in [-0.4, -0.2) is 12.1 Å². The molecule has 2 heteroatoms. The van der Waals surface area contributed by atoms with Crippen LogP contribution >= 0.6 is 0 Å². The van der Waals surface area contributed by atoms with E-state index in [-0.39, 0.29) is 0 Å². The highest BCUT2D eigenvalue weighted by Gasteiger charge is 2.20. The van der Waals surface area contributed by atoms with Crippen molar-refractivity contribution in [1.82, 2.24) is 0 Å². The minimum Gasteiger partial charge on any atom is -0.328 e. The van der Waals surface area contributed by atoms with Gasteiger partial charge in [0.2, 0.25) is 0 Å². The molecular weight excluding hydrogens is 112 g/mol. The van der Waals surface area contributed by atoms with Crippen LogP contribution in [0.1, 0.15) is 26.2 Å². The normalized spacial score (nSPS) is 45.0. The predicted octanol–water partition coefficient (Wildman–Crippen LogP) is 0.461. The summed E-state index contributed by atoms with van der Waals surface area (Å²) in [5.74, 6) is 0.740. The lowest BCUT2D eigenvalue weighted by Gasteiger charge is -2.28. The molecule has 3 atom stereocenters. The monoisotopic (exact) mass is 128 g/mol. The van der Waals surface area contributed by atoms with E-state index in [1.807, 2.05) is 0 Å². The van der Waals surface area contributed by atoms with E-state index in [4.69, 9.17) is 11.5 Å². The summed E-state index contributed by atoms with van der Waals surface area (Å²) in [6.07, 6.45) is 3.34. The molecule has 0 aromatic carbocycles. The van der Waals surface area contributed by atoms with Crippen LogP contribution in [0.4, 0.5) is 0 Å². The minimum atomic E-state index is 0.365. The van der Waals surface area contributed by atoms with Gasteiger partial charge in [0.15, 0.2) is 0 Å². The summed E-state index contributed by atoms with van der Waals surface area (Å²) in [5, 5.41) is 0. The molecular formula is C7H16N2. The summed E-state index contributed by atoms with van der Waals surface area (Å²) in [6, 6.07) is 0.729. The summed E-state index contributed by atoms with van der Waals surface area (Å²) >= 11 is 0. The number of hydrogen-bond acceptors (Lipinski definition) is 2. The van der Waals surface area contributed by atoms with E-state index in [9.17, 15) is 0 Å². The SMILES string of the molecule is C[C@H]1C[C@@H](N)C[C@@H](N)C1. The summed E-state index contributed by atoms with van der Waals surface area (Å²) in [6.45, 7) is 2.22. The average molecular weight is 128 g/mol. The van der Waals surface area contributed by atoms with Crippen molar-refractivity contribution in [2.24, 2.45) is 17.4 Å². The van der Waals surface area contributed by atoms with Crippen LogP contribution in [0.25, 0.3) is 0 Å². The van der Waals surface area contributed by atoms with Crippen molar-refractivity contribution in [2.75, 3.05) is 0 Å². The third-order valence-corrected chi connectivity index (χ3v) is 2.02. The molecule has 0 saturated heterocycles. The van der Waals surface area contributed by atoms with Crippen LogP contribution in [0.2, 0.25) is 0 Å². The topological polar surface area (TPSA) is 52.0 Å². The Morgan fingerprint density at radius 1 is 1.00 bits per heavy atom. The van der Waals surface area contributed by atoms with Gasteiger partial charge in [-0.3, -0.25) is 0 Å². The second-order valence-electron chi connectivity index (χ2n) is 3.33. The van der Waals surface area contributed by atoms with Gasteiger partial charge in [0.25, 0.3) is 0 Å². The fourth-order valence-corrected chi connectivity index (χ4v) is 1.71. The van der Waals surface area contributed by atoms with E-state index in [0.717, 1.165) is 25.2 Å². The Hall–Kier alpha value is -0.0800. The molecule has 1 fully saturated rings. The van der Waals surface area contributed by atoms with Gasteiger partial charge >= 0.3 is 0 Å². The van der Waals surface area contributed by atoms with E-state index in [1.165, 1.54) is 0 Å². The first kappa shape index (κ1) is 7.03. The highest BCUT2D eigenvalue weighted by atomic mass is 14.7. The summed E-state index contributed by atoms with van der Waals surface area (Å²) in [4.78, 5) is 0. The Bertz CT molecular complexity index is 67.9. The molecule has 1 saturated carbocycles. The van der Waals surface area contributed by atoms with Crippen LogP contribution in [0, 0.1) is 5.92 Å². The van der Waals surface area contributed by atoms with E-state index in [0.29, 0.717) is 12.1 Å². The Labute approximate surface area is 56.6 Å². The first-order chi connectivity index (χ1) is 4.18. The van der Waals surface area contributed by atoms with Gasteiger partial charge in [-0.15, -0.1) is 0 Å². The lowest BCUT2D eigenvalue weighted by atomic mass is 9.84. The van der Waals surface area contributed by atoms with Crippen molar-refractivity contribution < 1.29 is 0 Å². The number of hydrogen-bond donors (Lipinski definition) is 2. The second-order valence-corrected chi connectivity index (χ2v) is 3.33. The molecule has 54 valence electrons. The zero-order valence-corrected chi connectivity index (χ0v) is 6.01. The maximum absolute atomic E-state index is 5.74. The molecule has 0 aliphatic heterocycles. The van der Waals surface area contributed by atoms with Crippen LogP contribution < -0.4 is 11.5 Å². The third-order valence-electron chi connectivity index (χ3n) is 2.02. The smallest absolute Gasteiger partial charge is 0.00561 e. The van der Waals surface area contributed by atoms with Crippen molar-refractivity contribution in [3.8, 4) is 0 Å². The quantitative estimate of drug-likeness (QED) is 0.498. The van der Waals surface area contributed by atoms with Crippen LogP contribution in [-0.2, 0) is 0 Å². The molecule has 0 radical (unpaired) electrons. The molecule has 2 nitrogen and oxygen atoms in total. The van der Waals surface area contributed by atoms with Crippen molar-refractivity contribution in [2.45, 2.75) is 38.3 Å². The highest BCUT2D eigenvalue weighted by Crippen LogP contribution is 2.21. The molecule has 0 amide bonds. The maximum atomic E-state index is 5.74. The zero-order valence-electron chi connectivity index (χ0n) is 6.01. The van der Waals surface area contributed by atoms with Gasteiger partial charge in [0.05, 0.1) is 0 Å². The van der Waals surface area contributed by atoms with Gasteiger partial charge in [-0.05, 0) is 25.2 Å². The van der Waals surface area contributed by atoms with Crippen molar-refractivity contribution in [1.29, 1.82) is 0 Å². The molecule has 1 aliphatic rings. The molecule has 0 heterocycles. The van der Waals surface area contributed by atoms with E-state index in [2.05, 4.69) is 6.92 Å². The van der Waals surface area contributed by atoms with Gasteiger partial charge in [-0.2, -0.15) is 0 Å². The molecule has 0 aromatic rings. The zero-order chi connectivity index (χ0) is 6.85. The predicted molar refractivity (Wildman–Crippen MR) is 39.0 cm³/mol. The van der Waals surface area contributed by atoms with Gasteiger partial charge < -0.3 is 11.5 Å². The molecule has 0 bridgehead atoms. The van der Waals surface area contributed by atoms with Gasteiger partial charge in [-0.25, -0.2) is 0 Å². The average Bonchev–Trinajstić information content (AvgIpc) is 1.59. The lowest BCUT2D eigenvalue weighted by molar-refractivity contribution is 0.309. The second kappa shape index (κ2) is 2.67. The largest absolute Gasteiger partial charge is 0.328 e. The lowest BCUT2D eigenvalue weighted by Crippen LogP contribution is -2.38. The van der Waals surface area contributed by atoms with E-state index < -0.39 is 0 Å². The van der Waals surface area contributed by atoms with Crippen LogP contribution in [0.5, 0.6) is 0 Å². The number of nitrogens with two attached hydrogens (primary N) is 2. The standard InChI is InChI=1S/C7H16N2/c1-5-2-6(8)4-7(9)3-5/h5-7H,2-4,8-9H2,1H3/t5-,6+,7-. The molecule has 0 aromatic heterocycles. The van der Waals surface area contributed by atoms with Crippen molar-refractivity contribution >= 4 is 0 Å². The highest BCUT2D eigenvalue weighted by molar-refractivity contribution is 4.80. The third kappa shape index (κ3) is 1.95. The first-order valence-electron chi connectivity index (χ1n) is 3.69. The molecule has 1 rings (SSSR count). The molecule has 0 unspecified atom stereocenters. The van der Waals surface area contributed by atoms with Crippen molar-refractivity contribution in [3.05, 3.63) is 0 Å². The number of rotatable bonds is 0. The van der Waals surface area contributed by atoms with Gasteiger partial charge in [0.1, 0.15) is 0 Å². The molecule has 0 spiro atoms. The minimum absolute atomic E-state index is 0.365. The molecule has 1 aliphatic carbocycles. The summed E-state index contributed by atoms with van der Waals surface area (Å²) in [5.41, 5.74) is 11.5. The Balaban J connectivity index is 2.34. The molecule has 4 N–H and O–H groups in total. The van der Waals surface area contributed by atoms with Gasteiger partial charge in [0, 0.05) is 12.1 Å². The fraction of sp³-hybridized carbons (Fsp3) is 1.00.